The fourth-order valence-corrected chi connectivity index (χ4v) is 3.57. The van der Waals surface area contributed by atoms with Gasteiger partial charge in [0.1, 0.15) is 18.1 Å². The van der Waals surface area contributed by atoms with Gasteiger partial charge in [-0.05, 0) is 50.6 Å². The quantitative estimate of drug-likeness (QED) is 0.348. The molecule has 0 aliphatic carbocycles. The van der Waals surface area contributed by atoms with Gasteiger partial charge in [0, 0.05) is 11.8 Å². The summed E-state index contributed by atoms with van der Waals surface area (Å²) >= 11 is 12.1. The van der Waals surface area contributed by atoms with E-state index in [-0.39, 0.29) is 12.3 Å². The van der Waals surface area contributed by atoms with Crippen molar-refractivity contribution in [3.63, 3.8) is 0 Å². The van der Waals surface area contributed by atoms with Gasteiger partial charge in [0.25, 0.3) is 5.91 Å². The van der Waals surface area contributed by atoms with Gasteiger partial charge in [-0.25, -0.2) is 0 Å². The van der Waals surface area contributed by atoms with Gasteiger partial charge < -0.3 is 14.6 Å². The zero-order valence-corrected chi connectivity index (χ0v) is 19.9. The van der Waals surface area contributed by atoms with Crippen LogP contribution in [0.5, 0.6) is 5.75 Å². The highest BCUT2D eigenvalue weighted by molar-refractivity contribution is 6.42. The Kier molecular flexibility index (Phi) is 6.72. The third-order valence-electron chi connectivity index (χ3n) is 5.14. The Balaban J connectivity index is 1.46. The summed E-state index contributed by atoms with van der Waals surface area (Å²) in [5, 5.41) is 12.2. The zero-order valence-electron chi connectivity index (χ0n) is 18.4. The highest BCUT2D eigenvalue weighted by Gasteiger charge is 2.21. The van der Waals surface area contributed by atoms with Crippen LogP contribution >= 0.6 is 23.2 Å². The fraction of sp³-hybridized carbons (Fsp3) is 0.208. The number of hydrogen-bond donors (Lipinski definition) is 1. The number of nitrogens with zero attached hydrogens (tertiary/aromatic N) is 3. The van der Waals surface area contributed by atoms with Crippen LogP contribution in [-0.4, -0.2) is 20.8 Å². The maximum atomic E-state index is 12.9. The molecule has 1 amide bonds. The number of hydrogen-bond acceptors (Lipinski definition) is 5. The molecule has 2 heterocycles. The molecule has 4 aromatic rings. The second kappa shape index (κ2) is 9.68. The van der Waals surface area contributed by atoms with Crippen LogP contribution in [-0.2, 0) is 13.2 Å². The summed E-state index contributed by atoms with van der Waals surface area (Å²) in [5.74, 6) is 1.20. The first kappa shape index (κ1) is 22.9. The van der Waals surface area contributed by atoms with Crippen molar-refractivity contribution in [2.75, 3.05) is 5.32 Å². The molecule has 33 heavy (non-hydrogen) atoms. The Morgan fingerprint density at radius 1 is 1.06 bits per heavy atom. The molecule has 4 rings (SSSR count). The molecular formula is C24H22Cl2N4O3. The van der Waals surface area contributed by atoms with E-state index >= 15 is 0 Å². The molecule has 0 saturated carbocycles. The summed E-state index contributed by atoms with van der Waals surface area (Å²) in [6.45, 7) is 6.29. The first-order chi connectivity index (χ1) is 15.8. The van der Waals surface area contributed by atoms with Gasteiger partial charge in [-0.2, -0.15) is 5.10 Å². The van der Waals surface area contributed by atoms with Crippen molar-refractivity contribution in [2.24, 2.45) is 0 Å². The second-order valence-corrected chi connectivity index (χ2v) is 8.51. The number of halogens is 2. The van der Waals surface area contributed by atoms with Crippen LogP contribution in [0.15, 0.2) is 53.1 Å². The number of nitrogens with one attached hydrogen (secondary N) is 1. The van der Waals surface area contributed by atoms with Crippen molar-refractivity contribution in [2.45, 2.75) is 33.9 Å². The minimum Gasteiger partial charge on any atom is -0.489 e. The van der Waals surface area contributed by atoms with Crippen molar-refractivity contribution in [3.05, 3.63) is 92.4 Å². The number of aryl methyl sites for hydroxylation is 3. The Morgan fingerprint density at radius 2 is 1.82 bits per heavy atom. The lowest BCUT2D eigenvalue weighted by molar-refractivity contribution is 0.101. The number of aromatic nitrogens is 3. The first-order valence-electron chi connectivity index (χ1n) is 10.2. The normalized spacial score (nSPS) is 10.9. The van der Waals surface area contributed by atoms with Crippen molar-refractivity contribution < 1.29 is 14.1 Å². The number of ether oxygens (including phenoxy) is 1. The third kappa shape index (κ3) is 5.38. The van der Waals surface area contributed by atoms with E-state index in [2.05, 4.69) is 15.6 Å². The molecule has 0 fully saturated rings. The van der Waals surface area contributed by atoms with Crippen LogP contribution in [0.1, 0.15) is 38.6 Å². The summed E-state index contributed by atoms with van der Waals surface area (Å²) in [6.07, 6.45) is 0. The van der Waals surface area contributed by atoms with Gasteiger partial charge >= 0.3 is 0 Å². The highest BCUT2D eigenvalue weighted by atomic mass is 35.5. The summed E-state index contributed by atoms with van der Waals surface area (Å²) in [4.78, 5) is 12.9. The highest BCUT2D eigenvalue weighted by Crippen LogP contribution is 2.24. The van der Waals surface area contributed by atoms with Crippen molar-refractivity contribution in [1.29, 1.82) is 0 Å². The van der Waals surface area contributed by atoms with Crippen LogP contribution in [0, 0.1) is 20.8 Å². The fourth-order valence-electron chi connectivity index (χ4n) is 3.25. The van der Waals surface area contributed by atoms with Crippen LogP contribution in [0.2, 0.25) is 10.0 Å². The van der Waals surface area contributed by atoms with E-state index in [1.807, 2.05) is 44.2 Å². The molecule has 0 radical (unpaired) electrons. The lowest BCUT2D eigenvalue weighted by Crippen LogP contribution is -2.16. The number of amides is 1. The predicted molar refractivity (Wildman–Crippen MR) is 127 cm³/mol. The van der Waals surface area contributed by atoms with Gasteiger partial charge in [0.2, 0.25) is 0 Å². The molecule has 0 aliphatic heterocycles. The predicted octanol–water partition coefficient (Wildman–Crippen LogP) is 5.98. The third-order valence-corrected chi connectivity index (χ3v) is 5.88. The average Bonchev–Trinajstić information content (AvgIpc) is 3.32. The lowest BCUT2D eigenvalue weighted by Gasteiger charge is -2.07. The smallest absolute Gasteiger partial charge is 0.279 e. The molecule has 0 spiro atoms. The molecule has 0 saturated heterocycles. The number of carbonyl (C=O) groups is 1. The Hall–Kier alpha value is -3.29. The molecule has 2 aromatic heterocycles. The first-order valence-corrected chi connectivity index (χ1v) is 11.0. The number of carbonyl (C=O) groups excluding carboxylic acids is 1. The molecular weight excluding hydrogens is 463 g/mol. The van der Waals surface area contributed by atoms with E-state index in [4.69, 9.17) is 32.5 Å². The van der Waals surface area contributed by atoms with E-state index in [1.165, 1.54) is 0 Å². The van der Waals surface area contributed by atoms with Gasteiger partial charge in [-0.15, -0.1) is 0 Å². The Labute approximate surface area is 201 Å². The van der Waals surface area contributed by atoms with E-state index in [0.717, 1.165) is 16.8 Å². The SMILES string of the molecule is Cc1ccc(OCc2c(C(=O)Nc3cc(C)n(Cc4ccc(Cl)c(Cl)c4)n3)noc2C)cc1. The topological polar surface area (TPSA) is 82.2 Å². The van der Waals surface area contributed by atoms with E-state index < -0.39 is 5.91 Å². The van der Waals surface area contributed by atoms with E-state index in [9.17, 15) is 4.79 Å². The monoisotopic (exact) mass is 484 g/mol. The maximum absolute atomic E-state index is 12.9. The average molecular weight is 485 g/mol. The van der Waals surface area contributed by atoms with Gasteiger partial charge in [0.15, 0.2) is 11.5 Å². The van der Waals surface area contributed by atoms with E-state index in [1.54, 1.807) is 29.8 Å². The van der Waals surface area contributed by atoms with Gasteiger partial charge in [0.05, 0.1) is 22.2 Å². The molecule has 170 valence electrons. The molecule has 1 N–H and O–H groups in total. The summed E-state index contributed by atoms with van der Waals surface area (Å²) in [7, 11) is 0. The van der Waals surface area contributed by atoms with Crippen LogP contribution < -0.4 is 10.1 Å². The largest absolute Gasteiger partial charge is 0.489 e. The van der Waals surface area contributed by atoms with E-state index in [0.29, 0.717) is 39.5 Å². The number of benzene rings is 2. The minimum absolute atomic E-state index is 0.159. The number of anilines is 1. The van der Waals surface area contributed by atoms with Crippen molar-refractivity contribution in [3.8, 4) is 5.75 Å². The van der Waals surface area contributed by atoms with Crippen molar-refractivity contribution >= 4 is 34.9 Å². The summed E-state index contributed by atoms with van der Waals surface area (Å²) < 4.78 is 12.8. The van der Waals surface area contributed by atoms with Gasteiger partial charge in [-0.1, -0.05) is 52.1 Å². The molecule has 2 aromatic carbocycles. The van der Waals surface area contributed by atoms with Crippen LogP contribution in [0.25, 0.3) is 0 Å². The Morgan fingerprint density at radius 3 is 2.55 bits per heavy atom. The molecule has 9 heteroatoms. The minimum atomic E-state index is -0.423. The lowest BCUT2D eigenvalue weighted by atomic mass is 10.2. The molecule has 7 nitrogen and oxygen atoms in total. The molecule has 0 atom stereocenters. The molecule has 0 unspecified atom stereocenters. The van der Waals surface area contributed by atoms with Crippen LogP contribution in [0.3, 0.4) is 0 Å². The van der Waals surface area contributed by atoms with Crippen molar-refractivity contribution in [1.82, 2.24) is 14.9 Å². The van der Waals surface area contributed by atoms with Crippen LogP contribution in [0.4, 0.5) is 5.82 Å². The maximum Gasteiger partial charge on any atom is 0.279 e. The summed E-state index contributed by atoms with van der Waals surface area (Å²) in [6, 6.07) is 14.9. The zero-order chi connectivity index (χ0) is 23.5. The Bertz CT molecular complexity index is 1300. The van der Waals surface area contributed by atoms with Gasteiger partial charge in [-0.3, -0.25) is 9.48 Å². The second-order valence-electron chi connectivity index (χ2n) is 7.70. The molecule has 0 bridgehead atoms. The number of rotatable bonds is 7. The standard InChI is InChI=1S/C24H22Cl2N4O3/c1-14-4-7-18(8-5-14)32-13-19-16(3)33-29-23(19)24(31)27-22-10-15(2)30(28-22)12-17-6-9-20(25)21(26)11-17/h4-11H,12-13H2,1-3H3,(H,27,28,31). The summed E-state index contributed by atoms with van der Waals surface area (Å²) in [5.41, 5.74) is 3.69. The molecule has 0 aliphatic rings.